The molecule has 3 rings (SSSR count). The molecular formula is C21H19FN2O2. The number of pyridine rings is 1. The van der Waals surface area contributed by atoms with Crippen molar-refractivity contribution in [1.82, 2.24) is 10.3 Å². The van der Waals surface area contributed by atoms with Crippen molar-refractivity contribution in [3.8, 4) is 17.0 Å². The van der Waals surface area contributed by atoms with E-state index in [2.05, 4.69) is 10.3 Å². The Hall–Kier alpha value is -3.21. The summed E-state index contributed by atoms with van der Waals surface area (Å²) in [7, 11) is 1.61. The van der Waals surface area contributed by atoms with Crippen LogP contribution in [0, 0.1) is 5.82 Å². The van der Waals surface area contributed by atoms with Crippen LogP contribution >= 0.6 is 0 Å². The van der Waals surface area contributed by atoms with E-state index in [9.17, 15) is 9.18 Å². The molecule has 0 saturated heterocycles. The highest BCUT2D eigenvalue weighted by atomic mass is 19.1. The highest BCUT2D eigenvalue weighted by Gasteiger charge is 2.13. The second kappa shape index (κ2) is 7.78. The Morgan fingerprint density at radius 3 is 2.62 bits per heavy atom. The number of hydrogen-bond donors (Lipinski definition) is 1. The molecule has 0 unspecified atom stereocenters. The van der Waals surface area contributed by atoms with Gasteiger partial charge in [-0.05, 0) is 48.9 Å². The Morgan fingerprint density at radius 2 is 1.92 bits per heavy atom. The van der Waals surface area contributed by atoms with Crippen LogP contribution in [0.5, 0.6) is 5.75 Å². The molecule has 0 fully saturated rings. The maximum Gasteiger partial charge on any atom is 0.253 e. The summed E-state index contributed by atoms with van der Waals surface area (Å²) < 4.78 is 18.5. The fraction of sp³-hybridized carbons (Fsp3) is 0.143. The summed E-state index contributed by atoms with van der Waals surface area (Å²) in [6, 6.07) is 17.0. The molecule has 1 aromatic heterocycles. The quantitative estimate of drug-likeness (QED) is 0.743. The number of carbonyl (C=O) groups is 1. The summed E-state index contributed by atoms with van der Waals surface area (Å²) in [5, 5.41) is 2.94. The largest absolute Gasteiger partial charge is 0.497 e. The Kier molecular flexibility index (Phi) is 5.27. The SMILES string of the molecule is COc1cccc([C@@H](C)NC(=O)c2ccc(-c3cccc(F)c3)nc2)c1. The standard InChI is InChI=1S/C21H19FN2O2/c1-14(15-5-4-8-19(12-15)26-2)24-21(25)17-9-10-20(23-13-17)16-6-3-7-18(22)11-16/h3-14H,1-2H3,(H,24,25)/t14-/m1/s1. The van der Waals surface area contributed by atoms with E-state index in [1.165, 1.54) is 18.3 Å². The van der Waals surface area contributed by atoms with E-state index < -0.39 is 0 Å². The van der Waals surface area contributed by atoms with E-state index in [0.717, 1.165) is 11.3 Å². The third-order valence-electron chi connectivity index (χ3n) is 4.09. The monoisotopic (exact) mass is 350 g/mol. The minimum absolute atomic E-state index is 0.180. The van der Waals surface area contributed by atoms with Crippen molar-refractivity contribution in [2.24, 2.45) is 0 Å². The zero-order chi connectivity index (χ0) is 18.5. The molecule has 3 aromatic rings. The molecule has 0 aliphatic heterocycles. The van der Waals surface area contributed by atoms with Crippen molar-refractivity contribution >= 4 is 5.91 Å². The van der Waals surface area contributed by atoms with Crippen LogP contribution in [0.2, 0.25) is 0 Å². The van der Waals surface area contributed by atoms with Gasteiger partial charge in [0.2, 0.25) is 0 Å². The molecule has 26 heavy (non-hydrogen) atoms. The smallest absolute Gasteiger partial charge is 0.253 e. The fourth-order valence-electron chi connectivity index (χ4n) is 2.62. The maximum atomic E-state index is 13.3. The van der Waals surface area contributed by atoms with Crippen LogP contribution < -0.4 is 10.1 Å². The number of nitrogens with zero attached hydrogens (tertiary/aromatic N) is 1. The topological polar surface area (TPSA) is 51.2 Å². The number of methoxy groups -OCH3 is 1. The van der Waals surface area contributed by atoms with E-state index in [-0.39, 0.29) is 17.8 Å². The van der Waals surface area contributed by atoms with E-state index >= 15 is 0 Å². The van der Waals surface area contributed by atoms with Crippen LogP contribution in [0.1, 0.15) is 28.9 Å². The number of hydrogen-bond acceptors (Lipinski definition) is 3. The summed E-state index contributed by atoms with van der Waals surface area (Å²) in [6.07, 6.45) is 1.49. The summed E-state index contributed by atoms with van der Waals surface area (Å²) in [5.74, 6) is 0.196. The molecule has 1 N–H and O–H groups in total. The normalized spacial score (nSPS) is 11.7. The van der Waals surface area contributed by atoms with Gasteiger partial charge in [0.15, 0.2) is 0 Å². The molecule has 0 aliphatic rings. The van der Waals surface area contributed by atoms with E-state index in [1.807, 2.05) is 31.2 Å². The number of ether oxygens (including phenoxy) is 1. The third-order valence-corrected chi connectivity index (χ3v) is 4.09. The highest BCUT2D eigenvalue weighted by Crippen LogP contribution is 2.20. The molecule has 0 radical (unpaired) electrons. The molecule has 0 aliphatic carbocycles. The van der Waals surface area contributed by atoms with Crippen LogP contribution in [0.15, 0.2) is 66.9 Å². The first-order valence-corrected chi connectivity index (χ1v) is 8.23. The summed E-state index contributed by atoms with van der Waals surface area (Å²) in [5.41, 5.74) is 2.67. The van der Waals surface area contributed by atoms with E-state index in [0.29, 0.717) is 16.8 Å². The molecular weight excluding hydrogens is 331 g/mol. The first-order chi connectivity index (χ1) is 12.6. The Bertz CT molecular complexity index is 910. The van der Waals surface area contributed by atoms with Crippen LogP contribution in [0.3, 0.4) is 0 Å². The third kappa shape index (κ3) is 4.06. The summed E-state index contributed by atoms with van der Waals surface area (Å²) >= 11 is 0. The first kappa shape index (κ1) is 17.6. The lowest BCUT2D eigenvalue weighted by Crippen LogP contribution is -2.26. The van der Waals surface area contributed by atoms with Crippen LogP contribution in [-0.2, 0) is 0 Å². The van der Waals surface area contributed by atoms with Crippen molar-refractivity contribution < 1.29 is 13.9 Å². The van der Waals surface area contributed by atoms with Crippen LogP contribution in [0.25, 0.3) is 11.3 Å². The lowest BCUT2D eigenvalue weighted by Gasteiger charge is -2.15. The highest BCUT2D eigenvalue weighted by molar-refractivity contribution is 5.94. The van der Waals surface area contributed by atoms with Gasteiger partial charge in [-0.3, -0.25) is 9.78 Å². The van der Waals surface area contributed by atoms with Crippen molar-refractivity contribution in [3.63, 3.8) is 0 Å². The zero-order valence-corrected chi connectivity index (χ0v) is 14.6. The summed E-state index contributed by atoms with van der Waals surface area (Å²) in [4.78, 5) is 16.7. The fourth-order valence-corrected chi connectivity index (χ4v) is 2.62. The van der Waals surface area contributed by atoms with Gasteiger partial charge in [0.05, 0.1) is 24.4 Å². The van der Waals surface area contributed by atoms with E-state index in [4.69, 9.17) is 4.74 Å². The second-order valence-electron chi connectivity index (χ2n) is 5.91. The second-order valence-corrected chi connectivity index (χ2v) is 5.91. The van der Waals surface area contributed by atoms with Gasteiger partial charge < -0.3 is 10.1 Å². The minimum atomic E-state index is -0.321. The van der Waals surface area contributed by atoms with Crippen LogP contribution in [0.4, 0.5) is 4.39 Å². The predicted molar refractivity (Wildman–Crippen MR) is 98.5 cm³/mol. The first-order valence-electron chi connectivity index (χ1n) is 8.23. The molecule has 5 heteroatoms. The number of carbonyl (C=O) groups excluding carboxylic acids is 1. The number of amides is 1. The Labute approximate surface area is 151 Å². The maximum absolute atomic E-state index is 13.3. The number of rotatable bonds is 5. The van der Waals surface area contributed by atoms with Gasteiger partial charge in [-0.15, -0.1) is 0 Å². The molecule has 1 heterocycles. The number of aromatic nitrogens is 1. The molecule has 0 saturated carbocycles. The molecule has 2 aromatic carbocycles. The lowest BCUT2D eigenvalue weighted by molar-refractivity contribution is 0.0939. The van der Waals surface area contributed by atoms with Crippen molar-refractivity contribution in [1.29, 1.82) is 0 Å². The average molecular weight is 350 g/mol. The lowest BCUT2D eigenvalue weighted by atomic mass is 10.1. The van der Waals surface area contributed by atoms with E-state index in [1.54, 1.807) is 31.4 Å². The van der Waals surface area contributed by atoms with Gasteiger partial charge in [0, 0.05) is 11.8 Å². The van der Waals surface area contributed by atoms with Gasteiger partial charge in [-0.1, -0.05) is 24.3 Å². The molecule has 1 atom stereocenters. The van der Waals surface area contributed by atoms with Gasteiger partial charge in [-0.2, -0.15) is 0 Å². The van der Waals surface area contributed by atoms with Crippen molar-refractivity contribution in [3.05, 3.63) is 83.8 Å². The van der Waals surface area contributed by atoms with Gasteiger partial charge in [-0.25, -0.2) is 4.39 Å². The molecule has 132 valence electrons. The van der Waals surface area contributed by atoms with Gasteiger partial charge in [0.1, 0.15) is 11.6 Å². The van der Waals surface area contributed by atoms with Crippen molar-refractivity contribution in [2.45, 2.75) is 13.0 Å². The molecule has 4 nitrogen and oxygen atoms in total. The number of benzene rings is 2. The number of nitrogens with one attached hydrogen (secondary N) is 1. The predicted octanol–water partition coefficient (Wildman–Crippen LogP) is 4.39. The van der Waals surface area contributed by atoms with Crippen molar-refractivity contribution in [2.75, 3.05) is 7.11 Å². The molecule has 1 amide bonds. The Balaban J connectivity index is 1.71. The van der Waals surface area contributed by atoms with Gasteiger partial charge in [0.25, 0.3) is 5.91 Å². The minimum Gasteiger partial charge on any atom is -0.497 e. The Morgan fingerprint density at radius 1 is 1.12 bits per heavy atom. The molecule has 0 spiro atoms. The number of halogens is 1. The van der Waals surface area contributed by atoms with Gasteiger partial charge >= 0.3 is 0 Å². The van der Waals surface area contributed by atoms with Crippen LogP contribution in [-0.4, -0.2) is 18.0 Å². The molecule has 0 bridgehead atoms. The zero-order valence-electron chi connectivity index (χ0n) is 14.6. The summed E-state index contributed by atoms with van der Waals surface area (Å²) in [6.45, 7) is 1.90. The average Bonchev–Trinajstić information content (AvgIpc) is 2.68.